The van der Waals surface area contributed by atoms with Gasteiger partial charge < -0.3 is 10.1 Å². The number of benzene rings is 2. The molecule has 4 rings (SSSR count). The SMILES string of the molecule is Fc1ccc2c(c1)NC(c1ccc3c(c1)CCC3)CO2. The van der Waals surface area contributed by atoms with Gasteiger partial charge in [-0.1, -0.05) is 18.2 Å². The summed E-state index contributed by atoms with van der Waals surface area (Å²) in [5.74, 6) is 0.485. The number of ether oxygens (including phenoxy) is 1. The van der Waals surface area contributed by atoms with Crippen molar-refractivity contribution in [3.63, 3.8) is 0 Å². The Hall–Kier alpha value is -2.03. The zero-order valence-corrected chi connectivity index (χ0v) is 11.2. The van der Waals surface area contributed by atoms with Gasteiger partial charge in [-0.15, -0.1) is 0 Å². The molecule has 1 N–H and O–H groups in total. The molecule has 102 valence electrons. The molecule has 0 fully saturated rings. The molecular weight excluding hydrogens is 253 g/mol. The number of hydrogen-bond donors (Lipinski definition) is 1. The van der Waals surface area contributed by atoms with Crippen LogP contribution in [0.15, 0.2) is 36.4 Å². The van der Waals surface area contributed by atoms with Crippen molar-refractivity contribution in [1.29, 1.82) is 0 Å². The van der Waals surface area contributed by atoms with E-state index in [4.69, 9.17) is 4.74 Å². The molecule has 1 aliphatic heterocycles. The summed E-state index contributed by atoms with van der Waals surface area (Å²) in [5, 5.41) is 3.38. The first-order valence-electron chi connectivity index (χ1n) is 7.10. The monoisotopic (exact) mass is 269 g/mol. The highest BCUT2D eigenvalue weighted by molar-refractivity contribution is 5.59. The molecule has 0 radical (unpaired) electrons. The van der Waals surface area contributed by atoms with Crippen molar-refractivity contribution in [2.75, 3.05) is 11.9 Å². The van der Waals surface area contributed by atoms with E-state index in [9.17, 15) is 4.39 Å². The summed E-state index contributed by atoms with van der Waals surface area (Å²) in [6.45, 7) is 0.581. The second-order valence-corrected chi connectivity index (χ2v) is 5.53. The van der Waals surface area contributed by atoms with Crippen LogP contribution in [0.3, 0.4) is 0 Å². The van der Waals surface area contributed by atoms with E-state index in [0.717, 1.165) is 11.4 Å². The summed E-state index contributed by atoms with van der Waals surface area (Å²) in [4.78, 5) is 0. The summed E-state index contributed by atoms with van der Waals surface area (Å²) in [5.41, 5.74) is 4.88. The Morgan fingerprint density at radius 2 is 1.95 bits per heavy atom. The molecule has 0 saturated heterocycles. The molecule has 0 bridgehead atoms. The van der Waals surface area contributed by atoms with Crippen LogP contribution in [0.2, 0.25) is 0 Å². The van der Waals surface area contributed by atoms with Gasteiger partial charge in [-0.25, -0.2) is 4.39 Å². The molecule has 20 heavy (non-hydrogen) atoms. The lowest BCUT2D eigenvalue weighted by Gasteiger charge is -2.28. The zero-order valence-electron chi connectivity index (χ0n) is 11.2. The number of aryl methyl sites for hydroxylation is 2. The zero-order chi connectivity index (χ0) is 13.5. The topological polar surface area (TPSA) is 21.3 Å². The van der Waals surface area contributed by atoms with E-state index >= 15 is 0 Å². The van der Waals surface area contributed by atoms with Gasteiger partial charge in [-0.3, -0.25) is 0 Å². The summed E-state index contributed by atoms with van der Waals surface area (Å²) < 4.78 is 19.0. The van der Waals surface area contributed by atoms with E-state index in [1.807, 2.05) is 0 Å². The minimum absolute atomic E-state index is 0.0928. The van der Waals surface area contributed by atoms with E-state index in [2.05, 4.69) is 23.5 Å². The number of rotatable bonds is 1. The van der Waals surface area contributed by atoms with Crippen molar-refractivity contribution in [2.24, 2.45) is 0 Å². The van der Waals surface area contributed by atoms with Crippen LogP contribution in [0.25, 0.3) is 0 Å². The number of anilines is 1. The van der Waals surface area contributed by atoms with Crippen molar-refractivity contribution in [1.82, 2.24) is 0 Å². The number of nitrogens with one attached hydrogen (secondary N) is 1. The molecule has 3 heteroatoms. The van der Waals surface area contributed by atoms with Crippen LogP contribution < -0.4 is 10.1 Å². The fourth-order valence-corrected chi connectivity index (χ4v) is 3.13. The third-order valence-electron chi connectivity index (χ3n) is 4.20. The number of hydrogen-bond acceptors (Lipinski definition) is 2. The lowest BCUT2D eigenvalue weighted by atomic mass is 10.0. The van der Waals surface area contributed by atoms with Gasteiger partial charge in [0.2, 0.25) is 0 Å². The van der Waals surface area contributed by atoms with Crippen molar-refractivity contribution >= 4 is 5.69 Å². The standard InChI is InChI=1S/C17H16FNO/c18-14-6-7-17-15(9-14)19-16(10-20-17)13-5-4-11-2-1-3-12(11)8-13/h4-9,16,19H,1-3,10H2. The molecule has 2 nitrogen and oxygen atoms in total. The molecular formula is C17H16FNO. The fraction of sp³-hybridized carbons (Fsp3) is 0.294. The van der Waals surface area contributed by atoms with Crippen molar-refractivity contribution < 1.29 is 9.13 Å². The first-order valence-corrected chi connectivity index (χ1v) is 7.10. The van der Waals surface area contributed by atoms with Gasteiger partial charge in [0.1, 0.15) is 18.2 Å². The Morgan fingerprint density at radius 1 is 1.05 bits per heavy atom. The molecule has 1 atom stereocenters. The summed E-state index contributed by atoms with van der Waals surface area (Å²) >= 11 is 0. The van der Waals surface area contributed by atoms with Crippen LogP contribution in [-0.4, -0.2) is 6.61 Å². The average Bonchev–Trinajstić information content (AvgIpc) is 2.93. The second kappa shape index (κ2) is 4.51. The third-order valence-corrected chi connectivity index (χ3v) is 4.20. The van der Waals surface area contributed by atoms with Gasteiger partial charge in [-0.05, 0) is 48.1 Å². The van der Waals surface area contributed by atoms with Crippen LogP contribution in [0, 0.1) is 5.82 Å². The van der Waals surface area contributed by atoms with Gasteiger partial charge in [-0.2, -0.15) is 0 Å². The summed E-state index contributed by atoms with van der Waals surface area (Å²) in [7, 11) is 0. The Balaban J connectivity index is 1.64. The molecule has 0 amide bonds. The lowest BCUT2D eigenvalue weighted by Crippen LogP contribution is -2.24. The van der Waals surface area contributed by atoms with Crippen molar-refractivity contribution in [3.05, 3.63) is 58.9 Å². The molecule has 2 aromatic rings. The molecule has 2 aromatic carbocycles. The Kier molecular flexibility index (Phi) is 2.66. The maximum absolute atomic E-state index is 13.3. The maximum Gasteiger partial charge on any atom is 0.142 e. The first-order chi connectivity index (χ1) is 9.79. The van der Waals surface area contributed by atoms with Crippen LogP contribution in [0.1, 0.15) is 29.2 Å². The predicted octanol–water partition coefficient (Wildman–Crippen LogP) is 3.86. The molecule has 1 heterocycles. The molecule has 2 aliphatic rings. The maximum atomic E-state index is 13.3. The van der Waals surface area contributed by atoms with E-state index in [1.165, 1.54) is 48.1 Å². The van der Waals surface area contributed by atoms with Gasteiger partial charge in [0.05, 0.1) is 11.7 Å². The van der Waals surface area contributed by atoms with Gasteiger partial charge in [0, 0.05) is 6.07 Å². The van der Waals surface area contributed by atoms with Crippen LogP contribution in [0.5, 0.6) is 5.75 Å². The summed E-state index contributed by atoms with van der Waals surface area (Å²) in [6, 6.07) is 11.3. The minimum Gasteiger partial charge on any atom is -0.489 e. The normalized spacial score (nSPS) is 19.8. The van der Waals surface area contributed by atoms with Crippen LogP contribution in [0.4, 0.5) is 10.1 Å². The summed E-state index contributed by atoms with van der Waals surface area (Å²) in [6.07, 6.45) is 3.61. The number of halogens is 1. The Bertz CT molecular complexity index is 668. The van der Waals surface area contributed by atoms with E-state index in [-0.39, 0.29) is 11.9 Å². The third kappa shape index (κ3) is 1.94. The van der Waals surface area contributed by atoms with E-state index in [1.54, 1.807) is 6.07 Å². The van der Waals surface area contributed by atoms with Crippen molar-refractivity contribution in [2.45, 2.75) is 25.3 Å². The molecule has 0 spiro atoms. The second-order valence-electron chi connectivity index (χ2n) is 5.53. The Labute approximate surface area is 117 Å². The largest absolute Gasteiger partial charge is 0.489 e. The first kappa shape index (κ1) is 11.8. The number of fused-ring (bicyclic) bond motifs is 2. The highest BCUT2D eigenvalue weighted by Crippen LogP contribution is 2.35. The van der Waals surface area contributed by atoms with E-state index in [0.29, 0.717) is 6.61 Å². The van der Waals surface area contributed by atoms with Gasteiger partial charge in [0.25, 0.3) is 0 Å². The highest BCUT2D eigenvalue weighted by Gasteiger charge is 2.22. The van der Waals surface area contributed by atoms with Gasteiger partial charge in [0.15, 0.2) is 0 Å². The van der Waals surface area contributed by atoms with Crippen LogP contribution >= 0.6 is 0 Å². The molecule has 1 unspecified atom stereocenters. The fourth-order valence-electron chi connectivity index (χ4n) is 3.13. The van der Waals surface area contributed by atoms with Crippen molar-refractivity contribution in [3.8, 4) is 5.75 Å². The van der Waals surface area contributed by atoms with Gasteiger partial charge >= 0.3 is 0 Å². The van der Waals surface area contributed by atoms with Crippen LogP contribution in [-0.2, 0) is 12.8 Å². The molecule has 1 aliphatic carbocycles. The Morgan fingerprint density at radius 3 is 2.90 bits per heavy atom. The average molecular weight is 269 g/mol. The lowest BCUT2D eigenvalue weighted by molar-refractivity contribution is 0.286. The predicted molar refractivity (Wildman–Crippen MR) is 76.7 cm³/mol. The highest BCUT2D eigenvalue weighted by atomic mass is 19.1. The molecule has 0 aromatic heterocycles. The van der Waals surface area contributed by atoms with E-state index < -0.39 is 0 Å². The minimum atomic E-state index is -0.241. The molecule has 0 saturated carbocycles. The quantitative estimate of drug-likeness (QED) is 0.848. The smallest absolute Gasteiger partial charge is 0.142 e.